The molecule has 0 aromatic heterocycles. The van der Waals surface area contributed by atoms with Crippen molar-refractivity contribution in [3.8, 4) is 0 Å². The van der Waals surface area contributed by atoms with Crippen molar-refractivity contribution in [3.63, 3.8) is 0 Å². The Labute approximate surface area is 116 Å². The van der Waals surface area contributed by atoms with Crippen LogP contribution in [-0.2, 0) is 5.33 Å². The van der Waals surface area contributed by atoms with E-state index >= 15 is 0 Å². The van der Waals surface area contributed by atoms with E-state index in [9.17, 15) is 9.90 Å². The molecule has 0 aliphatic heterocycles. The largest absolute Gasteiger partial charge is 0.393 e. The first-order valence-electron chi connectivity index (χ1n) is 6.18. The van der Waals surface area contributed by atoms with Gasteiger partial charge in [0.1, 0.15) is 0 Å². The zero-order valence-electron chi connectivity index (χ0n) is 10.5. The molecule has 1 N–H and O–H groups in total. The van der Waals surface area contributed by atoms with Crippen LogP contribution in [0.3, 0.4) is 0 Å². The molecule has 1 aliphatic rings. The molecule has 0 bridgehead atoms. The lowest BCUT2D eigenvalue weighted by molar-refractivity contribution is 0.0265. The Balaban J connectivity index is 1.92. The normalized spacial score (nSPS) is 22.4. The number of amides is 1. The summed E-state index contributed by atoms with van der Waals surface area (Å²) >= 11 is 3.38. The summed E-state index contributed by atoms with van der Waals surface area (Å²) < 4.78 is 0. The van der Waals surface area contributed by atoms with Crippen molar-refractivity contribution in [1.29, 1.82) is 0 Å². The minimum atomic E-state index is -0.156. The number of hydrogen-bond donors (Lipinski definition) is 1. The Morgan fingerprint density at radius 1 is 1.39 bits per heavy atom. The Morgan fingerprint density at radius 3 is 2.50 bits per heavy atom. The summed E-state index contributed by atoms with van der Waals surface area (Å²) in [6.45, 7) is 0.732. The quantitative estimate of drug-likeness (QED) is 0.868. The topological polar surface area (TPSA) is 40.5 Å². The maximum absolute atomic E-state index is 12.2. The van der Waals surface area contributed by atoms with Crippen molar-refractivity contribution in [1.82, 2.24) is 4.90 Å². The third-order valence-electron chi connectivity index (χ3n) is 3.44. The van der Waals surface area contributed by atoms with E-state index in [1.54, 1.807) is 4.90 Å². The number of rotatable bonds is 4. The lowest BCUT2D eigenvalue weighted by Gasteiger charge is -2.34. The molecule has 18 heavy (non-hydrogen) atoms. The van der Waals surface area contributed by atoms with Crippen LogP contribution in [-0.4, -0.2) is 35.6 Å². The van der Waals surface area contributed by atoms with Crippen molar-refractivity contribution in [2.24, 2.45) is 5.92 Å². The molecule has 0 radical (unpaired) electrons. The van der Waals surface area contributed by atoms with Crippen molar-refractivity contribution >= 4 is 21.8 Å². The van der Waals surface area contributed by atoms with Gasteiger partial charge in [-0.15, -0.1) is 0 Å². The van der Waals surface area contributed by atoms with Gasteiger partial charge in [-0.2, -0.15) is 0 Å². The number of benzene rings is 1. The van der Waals surface area contributed by atoms with Crippen molar-refractivity contribution in [3.05, 3.63) is 35.4 Å². The molecule has 1 aliphatic carbocycles. The van der Waals surface area contributed by atoms with Crippen LogP contribution >= 0.6 is 15.9 Å². The van der Waals surface area contributed by atoms with Crippen molar-refractivity contribution in [2.45, 2.75) is 24.3 Å². The number of carbonyl (C=O) groups excluding carboxylic acids is 1. The summed E-state index contributed by atoms with van der Waals surface area (Å²) in [6.07, 6.45) is 1.48. The van der Waals surface area contributed by atoms with Crippen molar-refractivity contribution in [2.75, 3.05) is 13.6 Å². The average Bonchev–Trinajstić information content (AvgIpc) is 2.36. The number of nitrogens with zero attached hydrogens (tertiary/aromatic N) is 1. The van der Waals surface area contributed by atoms with Crippen LogP contribution in [0.4, 0.5) is 0 Å². The van der Waals surface area contributed by atoms with Gasteiger partial charge in [0.15, 0.2) is 0 Å². The van der Waals surface area contributed by atoms with Crippen LogP contribution in [0.1, 0.15) is 28.8 Å². The number of aliphatic hydroxyl groups excluding tert-OH is 1. The number of hydrogen-bond acceptors (Lipinski definition) is 2. The second-order valence-electron chi connectivity index (χ2n) is 5.01. The van der Waals surface area contributed by atoms with E-state index in [4.69, 9.17) is 0 Å². The molecule has 1 fully saturated rings. The average molecular weight is 312 g/mol. The Bertz CT molecular complexity index is 412. The fourth-order valence-electron chi connectivity index (χ4n) is 2.28. The molecule has 0 saturated heterocycles. The number of alkyl halides is 1. The Morgan fingerprint density at radius 2 is 2.00 bits per heavy atom. The van der Waals surface area contributed by atoms with Gasteiger partial charge in [0.2, 0.25) is 0 Å². The van der Waals surface area contributed by atoms with Gasteiger partial charge in [-0.25, -0.2) is 0 Å². The van der Waals surface area contributed by atoms with Crippen LogP contribution < -0.4 is 0 Å². The molecule has 1 aromatic rings. The summed E-state index contributed by atoms with van der Waals surface area (Å²) in [4.78, 5) is 13.9. The standard InChI is InChI=1S/C14H18BrNO2/c1-16(9-11-6-13(17)7-11)14(18)12-4-2-10(8-15)3-5-12/h2-5,11,13,17H,6-9H2,1H3. The predicted octanol–water partition coefficient (Wildman–Crippen LogP) is 2.42. The van der Waals surface area contributed by atoms with E-state index < -0.39 is 0 Å². The van der Waals surface area contributed by atoms with Gasteiger partial charge in [0, 0.05) is 24.5 Å². The fraction of sp³-hybridized carbons (Fsp3) is 0.500. The first-order valence-corrected chi connectivity index (χ1v) is 7.30. The first kappa shape index (κ1) is 13.6. The molecule has 0 unspecified atom stereocenters. The van der Waals surface area contributed by atoms with E-state index in [1.807, 2.05) is 31.3 Å². The Kier molecular flexibility index (Phi) is 4.40. The van der Waals surface area contributed by atoms with Crippen molar-refractivity contribution < 1.29 is 9.90 Å². The van der Waals surface area contributed by atoms with E-state index in [0.717, 1.165) is 35.8 Å². The summed E-state index contributed by atoms with van der Waals surface area (Å²) in [5.41, 5.74) is 1.89. The minimum absolute atomic E-state index is 0.0533. The summed E-state index contributed by atoms with van der Waals surface area (Å²) in [5, 5.41) is 10.0. The first-order chi connectivity index (χ1) is 8.60. The fourth-order valence-corrected chi connectivity index (χ4v) is 2.65. The SMILES string of the molecule is CN(CC1CC(O)C1)C(=O)c1ccc(CBr)cc1. The summed E-state index contributed by atoms with van der Waals surface area (Å²) in [6, 6.07) is 7.65. The number of halogens is 1. The molecule has 98 valence electrons. The van der Waals surface area contributed by atoms with Gasteiger partial charge in [0.05, 0.1) is 6.10 Å². The van der Waals surface area contributed by atoms with Crippen LogP contribution in [0.2, 0.25) is 0 Å². The molecular formula is C14H18BrNO2. The highest BCUT2D eigenvalue weighted by atomic mass is 79.9. The third kappa shape index (κ3) is 3.12. The predicted molar refractivity (Wildman–Crippen MR) is 74.8 cm³/mol. The highest BCUT2D eigenvalue weighted by Gasteiger charge is 2.29. The molecule has 0 heterocycles. The molecule has 4 heteroatoms. The smallest absolute Gasteiger partial charge is 0.253 e. The summed E-state index contributed by atoms with van der Waals surface area (Å²) in [5.74, 6) is 0.508. The molecule has 1 aromatic carbocycles. The van der Waals surface area contributed by atoms with E-state index in [0.29, 0.717) is 5.92 Å². The molecule has 0 spiro atoms. The van der Waals surface area contributed by atoms with Gasteiger partial charge >= 0.3 is 0 Å². The van der Waals surface area contributed by atoms with Crippen LogP contribution in [0.5, 0.6) is 0 Å². The molecule has 2 rings (SSSR count). The molecule has 1 saturated carbocycles. The van der Waals surface area contributed by atoms with E-state index in [-0.39, 0.29) is 12.0 Å². The zero-order chi connectivity index (χ0) is 13.1. The minimum Gasteiger partial charge on any atom is -0.393 e. The highest BCUT2D eigenvalue weighted by molar-refractivity contribution is 9.08. The van der Waals surface area contributed by atoms with Gasteiger partial charge in [-0.1, -0.05) is 28.1 Å². The lowest BCUT2D eigenvalue weighted by atomic mass is 9.82. The van der Waals surface area contributed by atoms with E-state index in [2.05, 4.69) is 15.9 Å². The van der Waals surface area contributed by atoms with Crippen LogP contribution in [0, 0.1) is 5.92 Å². The molecular weight excluding hydrogens is 294 g/mol. The van der Waals surface area contributed by atoms with Gasteiger partial charge in [-0.3, -0.25) is 4.79 Å². The molecule has 1 amide bonds. The maximum atomic E-state index is 12.2. The Hall–Kier alpha value is -0.870. The molecule has 0 atom stereocenters. The van der Waals surface area contributed by atoms with Crippen LogP contribution in [0.25, 0.3) is 0 Å². The number of carbonyl (C=O) groups is 1. The second-order valence-corrected chi connectivity index (χ2v) is 5.57. The highest BCUT2D eigenvalue weighted by Crippen LogP contribution is 2.27. The lowest BCUT2D eigenvalue weighted by Crippen LogP contribution is -2.39. The second kappa shape index (κ2) is 5.85. The maximum Gasteiger partial charge on any atom is 0.253 e. The third-order valence-corrected chi connectivity index (χ3v) is 4.09. The van der Waals surface area contributed by atoms with Gasteiger partial charge in [-0.05, 0) is 36.5 Å². The van der Waals surface area contributed by atoms with Crippen LogP contribution in [0.15, 0.2) is 24.3 Å². The zero-order valence-corrected chi connectivity index (χ0v) is 12.1. The van der Waals surface area contributed by atoms with Gasteiger partial charge < -0.3 is 10.0 Å². The van der Waals surface area contributed by atoms with Gasteiger partial charge in [0.25, 0.3) is 5.91 Å². The van der Waals surface area contributed by atoms with E-state index in [1.165, 1.54) is 0 Å². The monoisotopic (exact) mass is 311 g/mol. The number of aliphatic hydroxyl groups is 1. The molecule has 3 nitrogen and oxygen atoms in total. The summed E-state index contributed by atoms with van der Waals surface area (Å²) in [7, 11) is 1.82.